The highest BCUT2D eigenvalue weighted by Crippen LogP contribution is 2.32. The van der Waals surface area contributed by atoms with E-state index in [0.717, 1.165) is 44.0 Å². The monoisotopic (exact) mass is 544 g/mol. The molecule has 7 heteroatoms. The van der Waals surface area contributed by atoms with Crippen molar-refractivity contribution in [1.29, 1.82) is 5.26 Å². The van der Waals surface area contributed by atoms with Gasteiger partial charge in [0.1, 0.15) is 29.1 Å². The van der Waals surface area contributed by atoms with Gasteiger partial charge in [-0.3, -0.25) is 0 Å². The first-order valence-electron chi connectivity index (χ1n) is 12.3. The molecule has 0 saturated heterocycles. The summed E-state index contributed by atoms with van der Waals surface area (Å²) in [4.78, 5) is 4.69. The van der Waals surface area contributed by atoms with Gasteiger partial charge < -0.3 is 4.74 Å². The first kappa shape index (κ1) is 24.6. The molecule has 0 amide bonds. The quantitative estimate of drug-likeness (QED) is 0.189. The lowest BCUT2D eigenvalue weighted by atomic mass is 10.1. The number of rotatable bonds is 7. The van der Waals surface area contributed by atoms with Gasteiger partial charge in [-0.2, -0.15) is 10.4 Å². The molecule has 0 aliphatic heterocycles. The molecule has 6 aromatic rings. The number of nitriles is 1. The summed E-state index contributed by atoms with van der Waals surface area (Å²) in [5.74, 6) is 0.721. The maximum absolute atomic E-state index is 10.1. The summed E-state index contributed by atoms with van der Waals surface area (Å²) in [6.45, 7) is 0.419. The summed E-state index contributed by atoms with van der Waals surface area (Å²) < 4.78 is 8.95. The smallest absolute Gasteiger partial charge is 0.135 e. The van der Waals surface area contributed by atoms with Crippen LogP contribution in [0.4, 0.5) is 0 Å². The second kappa shape index (κ2) is 11.0. The summed E-state index contributed by atoms with van der Waals surface area (Å²) in [6.07, 6.45) is 3.80. The molecular formula is C32H21ClN4OS. The molecule has 188 valence electrons. The Morgan fingerprint density at radius 1 is 0.949 bits per heavy atom. The zero-order valence-electron chi connectivity index (χ0n) is 20.7. The molecule has 0 fully saturated rings. The number of thiazole rings is 1. The standard InChI is InChI=1S/C32H21ClN4OS/c33-26-15-13-22(14-16-26)21-38-28-10-6-7-23(18-28)31-25(20-37(36-31)27-8-2-1-3-9-27)17-24(19-34)32-35-29-11-4-5-12-30(29)39-32/h1-18,20H,21H2. The number of ether oxygens (including phenoxy) is 1. The van der Waals surface area contributed by atoms with E-state index in [0.29, 0.717) is 22.2 Å². The predicted molar refractivity (Wildman–Crippen MR) is 158 cm³/mol. The highest BCUT2D eigenvalue weighted by atomic mass is 35.5. The van der Waals surface area contributed by atoms with Crippen LogP contribution in [0.1, 0.15) is 16.1 Å². The average molecular weight is 545 g/mol. The Labute approximate surface area is 234 Å². The van der Waals surface area contributed by atoms with Gasteiger partial charge in [-0.25, -0.2) is 9.67 Å². The van der Waals surface area contributed by atoms with Crippen molar-refractivity contribution in [3.63, 3.8) is 0 Å². The van der Waals surface area contributed by atoms with E-state index < -0.39 is 0 Å². The summed E-state index contributed by atoms with van der Waals surface area (Å²) in [7, 11) is 0. The highest BCUT2D eigenvalue weighted by molar-refractivity contribution is 7.19. The molecule has 0 N–H and O–H groups in total. The van der Waals surface area contributed by atoms with Gasteiger partial charge in [-0.15, -0.1) is 11.3 Å². The fraction of sp³-hybridized carbons (Fsp3) is 0.0312. The molecule has 0 aliphatic carbocycles. The normalized spacial score (nSPS) is 11.4. The third-order valence-electron chi connectivity index (χ3n) is 6.13. The van der Waals surface area contributed by atoms with Crippen molar-refractivity contribution in [3.8, 4) is 28.8 Å². The lowest BCUT2D eigenvalue weighted by Crippen LogP contribution is -1.96. The molecule has 0 unspecified atom stereocenters. The van der Waals surface area contributed by atoms with E-state index in [-0.39, 0.29) is 0 Å². The minimum Gasteiger partial charge on any atom is -0.489 e. The van der Waals surface area contributed by atoms with Gasteiger partial charge >= 0.3 is 0 Å². The second-order valence-corrected chi connectivity index (χ2v) is 10.3. The fourth-order valence-corrected chi connectivity index (χ4v) is 5.25. The van der Waals surface area contributed by atoms with Gasteiger partial charge in [0.2, 0.25) is 0 Å². The van der Waals surface area contributed by atoms with Gasteiger partial charge in [0, 0.05) is 22.3 Å². The number of benzene rings is 4. The minimum atomic E-state index is 0.419. The van der Waals surface area contributed by atoms with Crippen molar-refractivity contribution < 1.29 is 4.74 Å². The minimum absolute atomic E-state index is 0.419. The molecule has 0 radical (unpaired) electrons. The SMILES string of the molecule is N#CC(=Cc1cn(-c2ccccc2)nc1-c1cccc(OCc2ccc(Cl)cc2)c1)c1nc2ccccc2s1. The van der Waals surface area contributed by atoms with E-state index in [4.69, 9.17) is 26.4 Å². The molecule has 2 heterocycles. The van der Waals surface area contributed by atoms with E-state index in [1.54, 1.807) is 0 Å². The zero-order valence-corrected chi connectivity index (χ0v) is 22.2. The van der Waals surface area contributed by atoms with Gasteiger partial charge in [-0.05, 0) is 60.2 Å². The highest BCUT2D eigenvalue weighted by Gasteiger charge is 2.15. The number of fused-ring (bicyclic) bond motifs is 1. The van der Waals surface area contributed by atoms with Crippen molar-refractivity contribution in [2.45, 2.75) is 6.61 Å². The van der Waals surface area contributed by atoms with Crippen LogP contribution in [0.2, 0.25) is 5.02 Å². The fourth-order valence-electron chi connectivity index (χ4n) is 4.20. The molecule has 0 aliphatic rings. The Kier molecular flexibility index (Phi) is 6.92. The lowest BCUT2D eigenvalue weighted by molar-refractivity contribution is 0.306. The van der Waals surface area contributed by atoms with E-state index in [1.807, 2.05) is 120 Å². The number of nitrogens with zero attached hydrogens (tertiary/aromatic N) is 4. The second-order valence-electron chi connectivity index (χ2n) is 8.81. The molecule has 4 aromatic carbocycles. The maximum Gasteiger partial charge on any atom is 0.135 e. The topological polar surface area (TPSA) is 63.7 Å². The number of hydrogen-bond donors (Lipinski definition) is 0. The average Bonchev–Trinajstić information content (AvgIpc) is 3.61. The molecule has 5 nitrogen and oxygen atoms in total. The number of halogens is 1. The molecule has 0 bridgehead atoms. The van der Waals surface area contributed by atoms with E-state index in [2.05, 4.69) is 6.07 Å². The van der Waals surface area contributed by atoms with Crippen LogP contribution in [-0.2, 0) is 6.61 Å². The number of allylic oxidation sites excluding steroid dienone is 1. The maximum atomic E-state index is 10.1. The molecule has 6 rings (SSSR count). The number of aromatic nitrogens is 3. The van der Waals surface area contributed by atoms with Crippen LogP contribution in [0.25, 0.3) is 38.8 Å². The molecule has 0 atom stereocenters. The van der Waals surface area contributed by atoms with Crippen LogP contribution in [-0.4, -0.2) is 14.8 Å². The molecule has 39 heavy (non-hydrogen) atoms. The Bertz CT molecular complexity index is 1800. The summed E-state index contributed by atoms with van der Waals surface area (Å²) in [5, 5.41) is 16.4. The Morgan fingerprint density at radius 3 is 2.54 bits per heavy atom. The number of hydrogen-bond acceptors (Lipinski definition) is 5. The van der Waals surface area contributed by atoms with Crippen molar-refractivity contribution in [1.82, 2.24) is 14.8 Å². The third kappa shape index (κ3) is 5.46. The largest absolute Gasteiger partial charge is 0.489 e. The molecular weight excluding hydrogens is 524 g/mol. The summed E-state index contributed by atoms with van der Waals surface area (Å²) in [5.41, 5.74) is 5.74. The van der Waals surface area contributed by atoms with Crippen LogP contribution in [0.5, 0.6) is 5.75 Å². The molecule has 0 saturated carbocycles. The van der Waals surface area contributed by atoms with E-state index >= 15 is 0 Å². The first-order valence-corrected chi connectivity index (χ1v) is 13.5. The Hall–Kier alpha value is -4.70. The van der Waals surface area contributed by atoms with Crippen LogP contribution in [0.3, 0.4) is 0 Å². The van der Waals surface area contributed by atoms with Gasteiger partial charge in [0.05, 0.1) is 21.5 Å². The zero-order chi connectivity index (χ0) is 26.6. The van der Waals surface area contributed by atoms with Crippen molar-refractivity contribution in [3.05, 3.63) is 130 Å². The molecule has 2 aromatic heterocycles. The van der Waals surface area contributed by atoms with Crippen molar-refractivity contribution in [2.75, 3.05) is 0 Å². The van der Waals surface area contributed by atoms with Crippen molar-refractivity contribution in [2.24, 2.45) is 0 Å². The molecule has 0 spiro atoms. The van der Waals surface area contributed by atoms with Crippen LogP contribution < -0.4 is 4.74 Å². The summed E-state index contributed by atoms with van der Waals surface area (Å²) in [6, 6.07) is 35.6. The predicted octanol–water partition coefficient (Wildman–Crippen LogP) is 8.45. The number of para-hydroxylation sites is 2. The van der Waals surface area contributed by atoms with E-state index in [9.17, 15) is 5.26 Å². The van der Waals surface area contributed by atoms with Crippen LogP contribution in [0, 0.1) is 11.3 Å². The van der Waals surface area contributed by atoms with Crippen molar-refractivity contribution >= 4 is 44.8 Å². The van der Waals surface area contributed by atoms with Gasteiger partial charge in [0.15, 0.2) is 0 Å². The lowest BCUT2D eigenvalue weighted by Gasteiger charge is -2.08. The van der Waals surface area contributed by atoms with Crippen LogP contribution >= 0.6 is 22.9 Å². The van der Waals surface area contributed by atoms with Gasteiger partial charge in [0.25, 0.3) is 0 Å². The van der Waals surface area contributed by atoms with Crippen LogP contribution in [0.15, 0.2) is 109 Å². The third-order valence-corrected chi connectivity index (χ3v) is 7.46. The first-order chi connectivity index (χ1) is 19.2. The van der Waals surface area contributed by atoms with E-state index in [1.165, 1.54) is 11.3 Å². The van der Waals surface area contributed by atoms with Gasteiger partial charge in [-0.1, -0.05) is 66.2 Å². The summed E-state index contributed by atoms with van der Waals surface area (Å²) >= 11 is 7.51. The Balaban J connectivity index is 1.39. The Morgan fingerprint density at radius 2 is 1.74 bits per heavy atom.